The lowest BCUT2D eigenvalue weighted by Gasteiger charge is -2.37. The van der Waals surface area contributed by atoms with Crippen molar-refractivity contribution >= 4 is 35.4 Å². The van der Waals surface area contributed by atoms with Crippen LogP contribution in [0.4, 0.5) is 4.79 Å². The predicted molar refractivity (Wildman–Crippen MR) is 110 cm³/mol. The Morgan fingerprint density at radius 2 is 1.87 bits per heavy atom. The highest BCUT2D eigenvalue weighted by atomic mass is 35.5. The van der Waals surface area contributed by atoms with Gasteiger partial charge in [-0.05, 0) is 31.4 Å². The van der Waals surface area contributed by atoms with Gasteiger partial charge < -0.3 is 20.1 Å². The van der Waals surface area contributed by atoms with E-state index in [2.05, 4.69) is 10.6 Å². The van der Waals surface area contributed by atoms with Crippen LogP contribution in [0.5, 0.6) is 0 Å². The Bertz CT molecular complexity index is 814. The maximum Gasteiger partial charge on any atom is 0.410 e. The number of carbonyl (C=O) groups excluding carboxylic acids is 4. The van der Waals surface area contributed by atoms with Crippen molar-refractivity contribution in [3.63, 3.8) is 0 Å². The molecule has 30 heavy (non-hydrogen) atoms. The molecule has 1 saturated carbocycles. The normalized spacial score (nSPS) is 20.6. The van der Waals surface area contributed by atoms with Gasteiger partial charge in [0.25, 0.3) is 0 Å². The van der Waals surface area contributed by atoms with Crippen LogP contribution in [-0.2, 0) is 29.3 Å². The SMILES string of the molecule is CC(=O)N[C@@H](C)C(=O)O[C@H](C)OC(=O)NC[C@@]1(c2ccccc2Cl)CCCCC1=O. The van der Waals surface area contributed by atoms with E-state index in [1.54, 1.807) is 24.3 Å². The van der Waals surface area contributed by atoms with Gasteiger partial charge in [-0.15, -0.1) is 0 Å². The van der Waals surface area contributed by atoms with Gasteiger partial charge in [0.2, 0.25) is 12.2 Å². The van der Waals surface area contributed by atoms with Crippen molar-refractivity contribution in [1.82, 2.24) is 10.6 Å². The third-order valence-electron chi connectivity index (χ3n) is 5.04. The molecular weight excluding hydrogens is 412 g/mol. The molecule has 9 heteroatoms. The monoisotopic (exact) mass is 438 g/mol. The molecule has 0 bridgehead atoms. The molecular formula is C21H27ClN2O6. The summed E-state index contributed by atoms with van der Waals surface area (Å²) in [5.74, 6) is -1.10. The van der Waals surface area contributed by atoms with Gasteiger partial charge in [-0.1, -0.05) is 36.2 Å². The summed E-state index contributed by atoms with van der Waals surface area (Å²) in [7, 11) is 0. The molecule has 0 heterocycles. The molecule has 3 atom stereocenters. The Kier molecular flexibility index (Phi) is 8.23. The first-order valence-electron chi connectivity index (χ1n) is 9.86. The number of rotatable bonds is 7. The zero-order valence-electron chi connectivity index (χ0n) is 17.3. The maximum atomic E-state index is 12.9. The number of nitrogens with one attached hydrogen (secondary N) is 2. The van der Waals surface area contributed by atoms with E-state index in [1.807, 2.05) is 0 Å². The number of alkyl carbamates (subject to hydrolysis) is 1. The Morgan fingerprint density at radius 3 is 2.50 bits per heavy atom. The average Bonchev–Trinajstić information content (AvgIpc) is 2.67. The van der Waals surface area contributed by atoms with Gasteiger partial charge in [-0.3, -0.25) is 9.59 Å². The first kappa shape index (κ1) is 23.7. The topological polar surface area (TPSA) is 111 Å². The second-order valence-corrected chi connectivity index (χ2v) is 7.79. The lowest BCUT2D eigenvalue weighted by molar-refractivity contribution is -0.167. The van der Waals surface area contributed by atoms with E-state index in [4.69, 9.17) is 21.1 Å². The van der Waals surface area contributed by atoms with Crippen LogP contribution in [0.2, 0.25) is 5.02 Å². The molecule has 0 unspecified atom stereocenters. The third-order valence-corrected chi connectivity index (χ3v) is 5.37. The number of carbonyl (C=O) groups is 4. The van der Waals surface area contributed by atoms with Gasteiger partial charge >= 0.3 is 12.1 Å². The van der Waals surface area contributed by atoms with E-state index in [0.29, 0.717) is 23.4 Å². The van der Waals surface area contributed by atoms with Crippen molar-refractivity contribution in [1.29, 1.82) is 0 Å². The third kappa shape index (κ3) is 5.95. The largest absolute Gasteiger partial charge is 0.424 e. The van der Waals surface area contributed by atoms with Crippen LogP contribution in [0.1, 0.15) is 52.0 Å². The summed E-state index contributed by atoms with van der Waals surface area (Å²) in [5.41, 5.74) is -0.240. The van der Waals surface area contributed by atoms with Crippen molar-refractivity contribution in [3.8, 4) is 0 Å². The fraction of sp³-hybridized carbons (Fsp3) is 0.524. The highest BCUT2D eigenvalue weighted by Gasteiger charge is 2.43. The molecule has 8 nitrogen and oxygen atoms in total. The molecule has 1 aliphatic rings. The van der Waals surface area contributed by atoms with Crippen LogP contribution in [0.25, 0.3) is 0 Å². The zero-order chi connectivity index (χ0) is 22.3. The van der Waals surface area contributed by atoms with Gasteiger partial charge in [0.05, 0.1) is 5.41 Å². The number of amides is 2. The molecule has 2 rings (SSSR count). The number of benzene rings is 1. The zero-order valence-corrected chi connectivity index (χ0v) is 18.1. The number of hydrogen-bond acceptors (Lipinski definition) is 6. The molecule has 0 aromatic heterocycles. The predicted octanol–water partition coefficient (Wildman–Crippen LogP) is 2.86. The summed E-state index contributed by atoms with van der Waals surface area (Å²) in [5, 5.41) is 5.47. The molecule has 1 fully saturated rings. The number of ketones is 1. The Balaban J connectivity index is 2.00. The molecule has 1 aromatic rings. The molecule has 0 radical (unpaired) electrons. The summed E-state index contributed by atoms with van der Waals surface area (Å²) in [6.45, 7) is 4.14. The minimum absolute atomic E-state index is 0.0192. The lowest BCUT2D eigenvalue weighted by Crippen LogP contribution is -2.49. The minimum Gasteiger partial charge on any atom is -0.424 e. The van der Waals surface area contributed by atoms with E-state index < -0.39 is 29.8 Å². The van der Waals surface area contributed by atoms with E-state index in [9.17, 15) is 19.2 Å². The fourth-order valence-electron chi connectivity index (χ4n) is 3.58. The van der Waals surface area contributed by atoms with Crippen LogP contribution in [0.3, 0.4) is 0 Å². The van der Waals surface area contributed by atoms with Crippen LogP contribution in [0, 0.1) is 0 Å². The second kappa shape index (κ2) is 10.4. The van der Waals surface area contributed by atoms with Crippen LogP contribution < -0.4 is 10.6 Å². The van der Waals surface area contributed by atoms with Crippen LogP contribution in [-0.4, -0.2) is 42.6 Å². The Hall–Kier alpha value is -2.61. The van der Waals surface area contributed by atoms with Gasteiger partial charge in [-0.2, -0.15) is 0 Å². The Morgan fingerprint density at radius 1 is 1.17 bits per heavy atom. The second-order valence-electron chi connectivity index (χ2n) is 7.38. The molecule has 0 saturated heterocycles. The van der Waals surface area contributed by atoms with Gasteiger partial charge in [0.1, 0.15) is 11.8 Å². The fourth-order valence-corrected chi connectivity index (χ4v) is 3.89. The standard InChI is InChI=1S/C21H27ClN2O6/c1-13(24-14(2)25)19(27)29-15(3)30-20(28)23-12-21(11-7-6-10-18(21)26)16-8-4-5-9-17(16)22/h4-5,8-9,13,15H,6-7,10-12H2,1-3H3,(H,23,28)(H,24,25)/t13-,15-,21+/m0/s1. The summed E-state index contributed by atoms with van der Waals surface area (Å²) >= 11 is 6.35. The Labute approximate surface area is 180 Å². The first-order chi connectivity index (χ1) is 14.2. The van der Waals surface area contributed by atoms with Gasteiger partial charge in [-0.25, -0.2) is 9.59 Å². The number of hydrogen-bond donors (Lipinski definition) is 2. The maximum absolute atomic E-state index is 12.9. The van der Waals surface area contributed by atoms with Crippen LogP contribution >= 0.6 is 11.6 Å². The summed E-state index contributed by atoms with van der Waals surface area (Å²) in [4.78, 5) is 48.0. The molecule has 1 aliphatic carbocycles. The van der Waals surface area contributed by atoms with Gasteiger partial charge in [0.15, 0.2) is 0 Å². The molecule has 0 aliphatic heterocycles. The van der Waals surface area contributed by atoms with E-state index >= 15 is 0 Å². The van der Waals surface area contributed by atoms with E-state index in [0.717, 1.165) is 12.8 Å². The summed E-state index contributed by atoms with van der Waals surface area (Å²) in [6.07, 6.45) is 0.614. The molecule has 2 amide bonds. The highest BCUT2D eigenvalue weighted by Crippen LogP contribution is 2.39. The molecule has 1 aromatic carbocycles. The number of Topliss-reactive ketones (excluding diaryl/α,β-unsaturated/α-hetero) is 1. The van der Waals surface area contributed by atoms with E-state index in [-0.39, 0.29) is 18.2 Å². The van der Waals surface area contributed by atoms with Crippen molar-refractivity contribution < 1.29 is 28.7 Å². The van der Waals surface area contributed by atoms with Crippen molar-refractivity contribution in [2.75, 3.05) is 6.54 Å². The highest BCUT2D eigenvalue weighted by molar-refractivity contribution is 6.31. The molecule has 2 N–H and O–H groups in total. The molecule has 164 valence electrons. The number of ether oxygens (including phenoxy) is 2. The molecule has 0 spiro atoms. The van der Waals surface area contributed by atoms with E-state index in [1.165, 1.54) is 20.8 Å². The van der Waals surface area contributed by atoms with Gasteiger partial charge in [0, 0.05) is 31.8 Å². The lowest BCUT2D eigenvalue weighted by atomic mass is 9.68. The number of esters is 1. The first-order valence-corrected chi connectivity index (χ1v) is 10.2. The summed E-state index contributed by atoms with van der Waals surface area (Å²) in [6, 6.07) is 6.23. The van der Waals surface area contributed by atoms with Crippen LogP contribution in [0.15, 0.2) is 24.3 Å². The number of halogens is 1. The van der Waals surface area contributed by atoms with Crippen molar-refractivity contribution in [2.45, 2.75) is 64.2 Å². The average molecular weight is 439 g/mol. The van der Waals surface area contributed by atoms with Crippen molar-refractivity contribution in [2.24, 2.45) is 0 Å². The minimum atomic E-state index is -1.17. The van der Waals surface area contributed by atoms with Crippen molar-refractivity contribution in [3.05, 3.63) is 34.9 Å². The quantitative estimate of drug-likeness (QED) is 0.500. The smallest absolute Gasteiger partial charge is 0.410 e. The summed E-state index contributed by atoms with van der Waals surface area (Å²) < 4.78 is 10.1.